The Balaban J connectivity index is 1.68. The van der Waals surface area contributed by atoms with E-state index in [-0.39, 0.29) is 16.9 Å². The number of benzene rings is 2. The number of hydrogen-bond donors (Lipinski definition) is 1. The highest BCUT2D eigenvalue weighted by molar-refractivity contribution is 8.00. The molecule has 0 spiro atoms. The van der Waals surface area contributed by atoms with Crippen molar-refractivity contribution >= 4 is 34.1 Å². The van der Waals surface area contributed by atoms with Crippen LogP contribution in [0.5, 0.6) is 5.75 Å². The molecule has 1 N–H and O–H groups in total. The van der Waals surface area contributed by atoms with Gasteiger partial charge in [-0.2, -0.15) is 8.78 Å². The predicted molar refractivity (Wildman–Crippen MR) is 105 cm³/mol. The molecule has 1 atom stereocenters. The van der Waals surface area contributed by atoms with Crippen molar-refractivity contribution in [1.29, 1.82) is 0 Å². The summed E-state index contributed by atoms with van der Waals surface area (Å²) in [5.74, 6) is -0.134. The van der Waals surface area contributed by atoms with Crippen molar-refractivity contribution < 1.29 is 18.3 Å². The van der Waals surface area contributed by atoms with Crippen LogP contribution in [-0.4, -0.2) is 22.8 Å². The quantitative estimate of drug-likeness (QED) is 0.524. The molecule has 8 heteroatoms. The normalized spacial score (nSPS) is 12.0. The Morgan fingerprint density at radius 1 is 1.15 bits per heavy atom. The van der Waals surface area contributed by atoms with Gasteiger partial charge in [-0.25, -0.2) is 4.98 Å². The molecule has 140 valence electrons. The van der Waals surface area contributed by atoms with Gasteiger partial charge in [-0.15, -0.1) is 23.1 Å². The van der Waals surface area contributed by atoms with Gasteiger partial charge in [0.05, 0.1) is 10.9 Å². The average Bonchev–Trinajstić information content (AvgIpc) is 3.10. The minimum Gasteiger partial charge on any atom is -0.434 e. The van der Waals surface area contributed by atoms with Gasteiger partial charge in [0.2, 0.25) is 5.91 Å². The number of para-hydroxylation sites is 1. The molecule has 1 heterocycles. The molecule has 1 unspecified atom stereocenters. The lowest BCUT2D eigenvalue weighted by molar-refractivity contribution is -0.115. The van der Waals surface area contributed by atoms with Crippen LogP contribution >= 0.6 is 23.1 Å². The van der Waals surface area contributed by atoms with E-state index in [9.17, 15) is 13.6 Å². The third-order valence-corrected chi connectivity index (χ3v) is 5.41. The number of aromatic nitrogens is 1. The van der Waals surface area contributed by atoms with Gasteiger partial charge in [-0.1, -0.05) is 30.3 Å². The molecule has 0 bridgehead atoms. The highest BCUT2D eigenvalue weighted by atomic mass is 32.2. The summed E-state index contributed by atoms with van der Waals surface area (Å²) in [6.07, 6.45) is 0. The number of anilines is 1. The molecule has 0 fully saturated rings. The Morgan fingerprint density at radius 2 is 1.85 bits per heavy atom. The molecule has 1 aromatic heterocycles. The number of carbonyl (C=O) groups is 1. The molecular formula is C19H16F2N2O2S2. The Morgan fingerprint density at radius 3 is 2.59 bits per heavy atom. The second-order valence-corrected chi connectivity index (χ2v) is 7.75. The third-order valence-electron chi connectivity index (χ3n) is 3.54. The molecule has 4 nitrogen and oxygen atoms in total. The van der Waals surface area contributed by atoms with Gasteiger partial charge in [0.15, 0.2) is 5.13 Å². The summed E-state index contributed by atoms with van der Waals surface area (Å²) in [6.45, 7) is -1.10. The van der Waals surface area contributed by atoms with Crippen LogP contribution in [-0.2, 0) is 4.79 Å². The van der Waals surface area contributed by atoms with Gasteiger partial charge >= 0.3 is 6.61 Å². The summed E-state index contributed by atoms with van der Waals surface area (Å²) >= 11 is 2.67. The minimum absolute atomic E-state index is 0.0451. The number of thioether (sulfide) groups is 1. The fourth-order valence-electron chi connectivity index (χ4n) is 2.30. The van der Waals surface area contributed by atoms with E-state index in [1.165, 1.54) is 29.2 Å². The first kappa shape index (κ1) is 19.3. The van der Waals surface area contributed by atoms with Gasteiger partial charge in [0.1, 0.15) is 5.75 Å². The number of thiazole rings is 1. The highest BCUT2D eigenvalue weighted by Gasteiger charge is 2.18. The Hall–Kier alpha value is -2.45. The lowest BCUT2D eigenvalue weighted by atomic mass is 10.1. The molecule has 0 radical (unpaired) electrons. The summed E-state index contributed by atoms with van der Waals surface area (Å²) in [4.78, 5) is 17.7. The molecule has 0 saturated heterocycles. The van der Waals surface area contributed by atoms with Crippen LogP contribution in [0.2, 0.25) is 0 Å². The van der Waals surface area contributed by atoms with Crippen LogP contribution in [0.25, 0.3) is 11.3 Å². The zero-order valence-corrected chi connectivity index (χ0v) is 15.9. The van der Waals surface area contributed by atoms with Crippen molar-refractivity contribution in [2.75, 3.05) is 5.32 Å². The smallest absolute Gasteiger partial charge is 0.387 e. The van der Waals surface area contributed by atoms with Crippen molar-refractivity contribution in [1.82, 2.24) is 4.98 Å². The number of hydrogen-bond acceptors (Lipinski definition) is 5. The van der Waals surface area contributed by atoms with Crippen molar-refractivity contribution in [3.63, 3.8) is 0 Å². The van der Waals surface area contributed by atoms with Crippen LogP contribution in [0.1, 0.15) is 6.92 Å². The first-order valence-corrected chi connectivity index (χ1v) is 9.81. The van der Waals surface area contributed by atoms with Crippen molar-refractivity contribution in [2.24, 2.45) is 0 Å². The topological polar surface area (TPSA) is 51.2 Å². The number of carbonyl (C=O) groups excluding carboxylic acids is 1. The van der Waals surface area contributed by atoms with Crippen molar-refractivity contribution in [2.45, 2.75) is 23.7 Å². The molecule has 0 aliphatic heterocycles. The number of rotatable bonds is 7. The second-order valence-electron chi connectivity index (χ2n) is 5.47. The van der Waals surface area contributed by atoms with Crippen LogP contribution in [0.3, 0.4) is 0 Å². The summed E-state index contributed by atoms with van der Waals surface area (Å²) < 4.78 is 29.7. The maximum atomic E-state index is 12.6. The van der Waals surface area contributed by atoms with Crippen molar-refractivity contribution in [3.05, 3.63) is 60.0 Å². The van der Waals surface area contributed by atoms with Gasteiger partial charge in [-0.05, 0) is 31.2 Å². The van der Waals surface area contributed by atoms with Gasteiger partial charge in [0, 0.05) is 15.8 Å². The maximum absolute atomic E-state index is 12.6. The van der Waals surface area contributed by atoms with Crippen LogP contribution in [0, 0.1) is 0 Å². The summed E-state index contributed by atoms with van der Waals surface area (Å²) in [5.41, 5.74) is 0.913. The first-order chi connectivity index (χ1) is 13.0. The van der Waals surface area contributed by atoms with E-state index in [2.05, 4.69) is 15.0 Å². The molecule has 0 saturated carbocycles. The zero-order chi connectivity index (χ0) is 19.2. The number of alkyl halides is 2. The van der Waals surface area contributed by atoms with E-state index in [1.54, 1.807) is 23.6 Å². The van der Waals surface area contributed by atoms with E-state index in [1.807, 2.05) is 37.3 Å². The highest BCUT2D eigenvalue weighted by Crippen LogP contribution is 2.33. The second kappa shape index (κ2) is 8.96. The summed E-state index contributed by atoms with van der Waals surface area (Å²) in [6, 6.07) is 16.1. The summed E-state index contributed by atoms with van der Waals surface area (Å²) in [7, 11) is 0. The maximum Gasteiger partial charge on any atom is 0.387 e. The van der Waals surface area contributed by atoms with Crippen LogP contribution in [0.4, 0.5) is 13.9 Å². The monoisotopic (exact) mass is 406 g/mol. The lowest BCUT2D eigenvalue weighted by Crippen LogP contribution is -2.22. The molecule has 3 aromatic rings. The standard InChI is InChI=1S/C19H16F2N2O2S2/c1-12(27-13-7-3-2-4-8-13)17(24)23-19-22-15(11-26-19)14-9-5-6-10-16(14)25-18(20)21/h2-12,18H,1H3,(H,22,23,24). The molecule has 1 amide bonds. The fraction of sp³-hybridized carbons (Fsp3) is 0.158. The minimum atomic E-state index is -2.92. The number of nitrogens with zero attached hydrogens (tertiary/aromatic N) is 1. The molecule has 3 rings (SSSR count). The van der Waals surface area contributed by atoms with E-state index < -0.39 is 6.61 Å². The van der Waals surface area contributed by atoms with Crippen molar-refractivity contribution in [3.8, 4) is 17.0 Å². The fourth-order valence-corrected chi connectivity index (χ4v) is 3.90. The third kappa shape index (κ3) is 5.27. The number of amides is 1. The first-order valence-electron chi connectivity index (χ1n) is 8.05. The lowest BCUT2D eigenvalue weighted by Gasteiger charge is -2.10. The number of nitrogens with one attached hydrogen (secondary N) is 1. The van der Waals surface area contributed by atoms with Gasteiger partial charge in [0.25, 0.3) is 0 Å². The zero-order valence-electron chi connectivity index (χ0n) is 14.3. The van der Waals surface area contributed by atoms with Gasteiger partial charge in [-0.3, -0.25) is 4.79 Å². The van der Waals surface area contributed by atoms with Gasteiger partial charge < -0.3 is 10.1 Å². The molecule has 27 heavy (non-hydrogen) atoms. The van der Waals surface area contributed by atoms with E-state index in [4.69, 9.17) is 0 Å². The Bertz CT molecular complexity index is 903. The SMILES string of the molecule is CC(Sc1ccccc1)C(=O)Nc1nc(-c2ccccc2OC(F)F)cs1. The Kier molecular flexibility index (Phi) is 6.41. The molecule has 2 aromatic carbocycles. The molecule has 0 aliphatic rings. The van der Waals surface area contributed by atoms with E-state index >= 15 is 0 Å². The Labute approximate surface area is 163 Å². The van der Waals surface area contributed by atoms with Crippen LogP contribution < -0.4 is 10.1 Å². The van der Waals surface area contributed by atoms with E-state index in [0.717, 1.165) is 4.90 Å². The van der Waals surface area contributed by atoms with E-state index in [0.29, 0.717) is 16.4 Å². The number of ether oxygens (including phenoxy) is 1. The molecule has 0 aliphatic carbocycles. The number of halogens is 2. The predicted octanol–water partition coefficient (Wildman–Crippen LogP) is 5.53. The van der Waals surface area contributed by atoms with Crippen LogP contribution in [0.15, 0.2) is 64.9 Å². The average molecular weight is 406 g/mol. The molecular weight excluding hydrogens is 390 g/mol. The summed E-state index contributed by atoms with van der Waals surface area (Å²) in [5, 5.41) is 4.56. The largest absolute Gasteiger partial charge is 0.434 e.